The van der Waals surface area contributed by atoms with Crippen LogP contribution in [0.5, 0.6) is 0 Å². The number of aliphatic hydroxyl groups is 1. The van der Waals surface area contributed by atoms with Gasteiger partial charge in [0.1, 0.15) is 0 Å². The molecule has 18 heavy (non-hydrogen) atoms. The van der Waals surface area contributed by atoms with Crippen LogP contribution in [-0.2, 0) is 12.6 Å². The Labute approximate surface area is 104 Å². The van der Waals surface area contributed by atoms with Crippen molar-refractivity contribution < 1.29 is 15.0 Å². The molecular formula is C12H16N2O4. The molecule has 6 nitrogen and oxygen atoms in total. The lowest BCUT2D eigenvalue weighted by atomic mass is 9.85. The van der Waals surface area contributed by atoms with E-state index in [-0.39, 0.29) is 18.6 Å². The van der Waals surface area contributed by atoms with Crippen molar-refractivity contribution >= 4 is 6.09 Å². The van der Waals surface area contributed by atoms with E-state index in [2.05, 4.69) is 0 Å². The van der Waals surface area contributed by atoms with Gasteiger partial charge in [0.2, 0.25) is 0 Å². The Morgan fingerprint density at radius 1 is 1.39 bits per heavy atom. The van der Waals surface area contributed by atoms with E-state index >= 15 is 0 Å². The molecule has 0 saturated carbocycles. The zero-order valence-corrected chi connectivity index (χ0v) is 10.2. The fourth-order valence-electron chi connectivity index (χ4n) is 2.19. The third-order valence-electron chi connectivity index (χ3n) is 3.50. The van der Waals surface area contributed by atoms with Gasteiger partial charge in [-0.2, -0.15) is 0 Å². The smallest absolute Gasteiger partial charge is 0.407 e. The summed E-state index contributed by atoms with van der Waals surface area (Å²) in [6, 6.07) is 3.12. The van der Waals surface area contributed by atoms with Gasteiger partial charge < -0.3 is 19.7 Å². The average Bonchev–Trinajstić information content (AvgIpc) is 2.33. The number of hydrogen-bond donors (Lipinski definition) is 2. The summed E-state index contributed by atoms with van der Waals surface area (Å²) in [4.78, 5) is 23.6. The lowest BCUT2D eigenvalue weighted by Crippen LogP contribution is -2.45. The van der Waals surface area contributed by atoms with Gasteiger partial charge in [0.15, 0.2) is 0 Å². The molecule has 1 aromatic heterocycles. The maximum Gasteiger partial charge on any atom is 0.407 e. The van der Waals surface area contributed by atoms with Gasteiger partial charge in [-0.05, 0) is 24.5 Å². The number of rotatable bonds is 1. The SMILES string of the molecule is Cn1ccc(C2(O)CCN(C(=O)O)CC2)cc1=O. The zero-order valence-electron chi connectivity index (χ0n) is 10.2. The molecule has 98 valence electrons. The van der Waals surface area contributed by atoms with E-state index in [4.69, 9.17) is 5.11 Å². The number of pyridine rings is 1. The van der Waals surface area contributed by atoms with Crippen molar-refractivity contribution in [2.45, 2.75) is 18.4 Å². The predicted molar refractivity (Wildman–Crippen MR) is 64.4 cm³/mol. The fraction of sp³-hybridized carbons (Fsp3) is 0.500. The monoisotopic (exact) mass is 252 g/mol. The largest absolute Gasteiger partial charge is 0.465 e. The number of amides is 1. The minimum absolute atomic E-state index is 0.179. The number of aryl methyl sites for hydroxylation is 1. The van der Waals surface area contributed by atoms with Crippen molar-refractivity contribution in [2.75, 3.05) is 13.1 Å². The molecule has 0 aromatic carbocycles. The molecule has 1 aliphatic rings. The van der Waals surface area contributed by atoms with Gasteiger partial charge in [-0.3, -0.25) is 4.79 Å². The minimum atomic E-state index is -1.10. The highest BCUT2D eigenvalue weighted by molar-refractivity contribution is 5.65. The summed E-state index contributed by atoms with van der Waals surface area (Å²) in [5, 5.41) is 19.3. The number of carboxylic acid groups (broad SMARTS) is 1. The number of piperidine rings is 1. The molecule has 0 bridgehead atoms. The van der Waals surface area contributed by atoms with Crippen LogP contribution in [0.3, 0.4) is 0 Å². The number of hydrogen-bond acceptors (Lipinski definition) is 3. The van der Waals surface area contributed by atoms with Gasteiger partial charge in [0.05, 0.1) is 5.60 Å². The predicted octanol–water partition coefficient (Wildman–Crippen LogP) is 0.347. The molecule has 0 atom stereocenters. The second-order valence-electron chi connectivity index (χ2n) is 4.67. The molecule has 1 saturated heterocycles. The highest BCUT2D eigenvalue weighted by atomic mass is 16.4. The summed E-state index contributed by atoms with van der Waals surface area (Å²) < 4.78 is 1.43. The standard InChI is InChI=1S/C12H16N2O4/c1-13-5-2-9(8-10(13)15)12(18)3-6-14(7-4-12)11(16)17/h2,5,8,18H,3-4,6-7H2,1H3,(H,16,17). The molecule has 2 rings (SSSR count). The first-order valence-corrected chi connectivity index (χ1v) is 5.80. The van der Waals surface area contributed by atoms with Crippen LogP contribution < -0.4 is 5.56 Å². The van der Waals surface area contributed by atoms with E-state index in [0.717, 1.165) is 0 Å². The Hall–Kier alpha value is -1.82. The maximum atomic E-state index is 11.5. The van der Waals surface area contributed by atoms with Crippen LogP contribution in [0.15, 0.2) is 23.1 Å². The summed E-state index contributed by atoms with van der Waals surface area (Å²) in [5.74, 6) is 0. The number of aromatic nitrogens is 1. The van der Waals surface area contributed by atoms with E-state index in [9.17, 15) is 14.7 Å². The van der Waals surface area contributed by atoms with Crippen molar-refractivity contribution in [1.82, 2.24) is 9.47 Å². The third-order valence-corrected chi connectivity index (χ3v) is 3.50. The molecule has 2 N–H and O–H groups in total. The lowest BCUT2D eigenvalue weighted by Gasteiger charge is -2.37. The number of nitrogens with zero attached hydrogens (tertiary/aromatic N) is 2. The third kappa shape index (κ3) is 2.24. The summed E-state index contributed by atoms with van der Waals surface area (Å²) in [5.41, 5.74) is -0.712. The molecule has 0 radical (unpaired) electrons. The first-order valence-electron chi connectivity index (χ1n) is 5.80. The molecule has 6 heteroatoms. The zero-order chi connectivity index (χ0) is 13.3. The molecule has 1 aromatic rings. The first kappa shape index (κ1) is 12.6. The van der Waals surface area contributed by atoms with Gasteiger partial charge in [0, 0.05) is 32.4 Å². The van der Waals surface area contributed by atoms with Gasteiger partial charge in [0.25, 0.3) is 5.56 Å². The second kappa shape index (κ2) is 4.45. The van der Waals surface area contributed by atoms with Crippen LogP contribution in [-0.4, -0.2) is 38.9 Å². The Bertz CT molecular complexity index is 515. The number of carbonyl (C=O) groups is 1. The molecular weight excluding hydrogens is 236 g/mol. The van der Waals surface area contributed by atoms with E-state index in [1.54, 1.807) is 19.3 Å². The Morgan fingerprint density at radius 2 is 2.00 bits per heavy atom. The van der Waals surface area contributed by atoms with E-state index in [1.165, 1.54) is 15.5 Å². The van der Waals surface area contributed by atoms with E-state index < -0.39 is 11.7 Å². The Balaban J connectivity index is 2.20. The van der Waals surface area contributed by atoms with Crippen LogP contribution in [0.1, 0.15) is 18.4 Å². The fourth-order valence-corrected chi connectivity index (χ4v) is 2.19. The summed E-state index contributed by atoms with van der Waals surface area (Å²) in [6.07, 6.45) is 1.26. The van der Waals surface area contributed by atoms with Crippen molar-refractivity contribution in [3.63, 3.8) is 0 Å². The number of likely N-dealkylation sites (tertiary alicyclic amines) is 1. The molecule has 0 spiro atoms. The maximum absolute atomic E-state index is 11.5. The van der Waals surface area contributed by atoms with Crippen LogP contribution in [0.25, 0.3) is 0 Å². The molecule has 1 fully saturated rings. The minimum Gasteiger partial charge on any atom is -0.465 e. The van der Waals surface area contributed by atoms with E-state index in [1.807, 2.05) is 0 Å². The Morgan fingerprint density at radius 3 is 2.50 bits per heavy atom. The highest BCUT2D eigenvalue weighted by Gasteiger charge is 2.35. The molecule has 0 aliphatic carbocycles. The molecule has 1 aliphatic heterocycles. The van der Waals surface area contributed by atoms with Crippen molar-refractivity contribution in [1.29, 1.82) is 0 Å². The summed E-state index contributed by atoms with van der Waals surface area (Å²) >= 11 is 0. The van der Waals surface area contributed by atoms with Crippen molar-refractivity contribution in [3.8, 4) is 0 Å². The molecule has 2 heterocycles. The average molecular weight is 252 g/mol. The second-order valence-corrected chi connectivity index (χ2v) is 4.67. The summed E-state index contributed by atoms with van der Waals surface area (Å²) in [7, 11) is 1.64. The van der Waals surface area contributed by atoms with Crippen LogP contribution in [0, 0.1) is 0 Å². The summed E-state index contributed by atoms with van der Waals surface area (Å²) in [6.45, 7) is 0.558. The molecule has 0 unspecified atom stereocenters. The van der Waals surface area contributed by atoms with Crippen LogP contribution in [0.2, 0.25) is 0 Å². The van der Waals surface area contributed by atoms with Crippen LogP contribution >= 0.6 is 0 Å². The quantitative estimate of drug-likeness (QED) is 0.755. The van der Waals surface area contributed by atoms with Gasteiger partial charge in [-0.25, -0.2) is 4.79 Å². The lowest BCUT2D eigenvalue weighted by molar-refractivity contribution is -0.0215. The van der Waals surface area contributed by atoms with Gasteiger partial charge in [-0.1, -0.05) is 0 Å². The topological polar surface area (TPSA) is 82.8 Å². The van der Waals surface area contributed by atoms with Crippen molar-refractivity contribution in [3.05, 3.63) is 34.2 Å². The van der Waals surface area contributed by atoms with Gasteiger partial charge in [-0.15, -0.1) is 0 Å². The highest BCUT2D eigenvalue weighted by Crippen LogP contribution is 2.31. The van der Waals surface area contributed by atoms with Gasteiger partial charge >= 0.3 is 6.09 Å². The van der Waals surface area contributed by atoms with Crippen LogP contribution in [0.4, 0.5) is 4.79 Å². The Kier molecular flexibility index (Phi) is 3.13. The normalized spacial score (nSPS) is 18.7. The van der Waals surface area contributed by atoms with E-state index in [0.29, 0.717) is 18.4 Å². The van der Waals surface area contributed by atoms with Crippen molar-refractivity contribution in [2.24, 2.45) is 7.05 Å². The molecule has 1 amide bonds. The first-order chi connectivity index (χ1) is 8.42.